The molecule has 0 atom stereocenters. The zero-order valence-electron chi connectivity index (χ0n) is 19.6. The molecule has 5 heterocycles. The summed E-state index contributed by atoms with van der Waals surface area (Å²) in [6, 6.07) is 23.0. The molecule has 0 radical (unpaired) electrons. The summed E-state index contributed by atoms with van der Waals surface area (Å²) in [5.41, 5.74) is 5.30. The van der Waals surface area contributed by atoms with Gasteiger partial charge >= 0.3 is 6.01 Å². The molecule has 0 saturated heterocycles. The summed E-state index contributed by atoms with van der Waals surface area (Å²) in [4.78, 5) is 13.7. The first kappa shape index (κ1) is 21.0. The van der Waals surface area contributed by atoms with Crippen molar-refractivity contribution in [1.29, 1.82) is 0 Å². The first-order valence-corrected chi connectivity index (χ1v) is 12.8. The lowest BCUT2D eigenvalue weighted by molar-refractivity contribution is 0.555. The zero-order valence-corrected chi connectivity index (χ0v) is 20.4. The van der Waals surface area contributed by atoms with Gasteiger partial charge in [-0.3, -0.25) is 4.90 Å². The van der Waals surface area contributed by atoms with E-state index in [9.17, 15) is 0 Å². The van der Waals surface area contributed by atoms with Gasteiger partial charge in [-0.1, -0.05) is 53.6 Å². The number of benzene rings is 2. The lowest BCUT2D eigenvalue weighted by Gasteiger charge is -2.27. The highest BCUT2D eigenvalue weighted by molar-refractivity contribution is 7.22. The molecule has 36 heavy (non-hydrogen) atoms. The van der Waals surface area contributed by atoms with E-state index in [-0.39, 0.29) is 0 Å². The molecule has 1 aliphatic rings. The Morgan fingerprint density at radius 1 is 0.889 bits per heavy atom. The molecule has 0 amide bonds. The molecule has 6 aromatic rings. The fourth-order valence-corrected chi connectivity index (χ4v) is 6.04. The minimum atomic E-state index is 0.486. The monoisotopic (exact) mass is 490 g/mol. The smallest absolute Gasteiger partial charge is 0.323 e. The summed E-state index contributed by atoms with van der Waals surface area (Å²) >= 11 is 1.56. The lowest BCUT2D eigenvalue weighted by atomic mass is 10.0. The molecule has 1 aliphatic heterocycles. The van der Waals surface area contributed by atoms with Crippen molar-refractivity contribution in [3.05, 3.63) is 90.4 Å². The van der Waals surface area contributed by atoms with Crippen LogP contribution in [0.25, 0.3) is 38.1 Å². The average molecular weight is 491 g/mol. The van der Waals surface area contributed by atoms with Gasteiger partial charge in [-0.05, 0) is 43.5 Å². The van der Waals surface area contributed by atoms with Gasteiger partial charge in [0.25, 0.3) is 5.89 Å². The highest BCUT2D eigenvalue weighted by atomic mass is 32.1. The molecular weight excluding hydrogens is 468 g/mol. The largest absolute Gasteiger partial charge is 0.402 e. The topological polar surface area (TPSA) is 72.9 Å². The van der Waals surface area contributed by atoms with Crippen molar-refractivity contribution in [3.8, 4) is 27.8 Å². The molecule has 0 N–H and O–H groups in total. The summed E-state index contributed by atoms with van der Waals surface area (Å²) < 4.78 is 8.42. The first-order chi connectivity index (χ1) is 17.8. The highest BCUT2D eigenvalue weighted by Gasteiger charge is 2.27. The van der Waals surface area contributed by atoms with Crippen LogP contribution in [0, 0.1) is 6.92 Å². The number of aryl methyl sites for hydroxylation is 2. The van der Waals surface area contributed by atoms with Crippen LogP contribution in [0.2, 0.25) is 0 Å². The molecular formula is C28H22N6OS. The maximum Gasteiger partial charge on any atom is 0.323 e. The number of rotatable bonds is 4. The van der Waals surface area contributed by atoms with Crippen LogP contribution in [0.15, 0.2) is 83.5 Å². The Bertz CT molecular complexity index is 1690. The molecule has 2 aromatic carbocycles. The second-order valence-corrected chi connectivity index (χ2v) is 9.82. The van der Waals surface area contributed by atoms with Crippen molar-refractivity contribution in [2.45, 2.75) is 19.8 Å². The van der Waals surface area contributed by atoms with Gasteiger partial charge in [0.15, 0.2) is 5.82 Å². The number of nitrogens with zero attached hydrogens (tertiary/aromatic N) is 6. The van der Waals surface area contributed by atoms with Crippen LogP contribution < -0.4 is 4.90 Å². The molecule has 7 rings (SSSR count). The summed E-state index contributed by atoms with van der Waals surface area (Å²) in [7, 11) is 0. The lowest BCUT2D eigenvalue weighted by Crippen LogP contribution is -2.24. The van der Waals surface area contributed by atoms with Crippen LogP contribution in [0.3, 0.4) is 0 Å². The van der Waals surface area contributed by atoms with Crippen LogP contribution in [-0.4, -0.2) is 31.3 Å². The molecule has 0 aliphatic carbocycles. The standard InChI is InChI=1S/C28H22N6OS/c1-18-22-23(33-15-7-8-16-33)24(36-27(22)30-25(29-18)20-11-3-2-4-12-20)26-31-32-28(35-26)34-17-9-13-19-10-5-6-14-21(19)34/h2-8,10-12,14-16H,9,13,17H2,1H3. The third-order valence-corrected chi connectivity index (χ3v) is 7.61. The Hall–Kier alpha value is -4.30. The van der Waals surface area contributed by atoms with Crippen molar-refractivity contribution in [2.75, 3.05) is 11.4 Å². The number of para-hydroxylation sites is 1. The normalized spacial score (nSPS) is 13.3. The van der Waals surface area contributed by atoms with E-state index in [1.54, 1.807) is 11.3 Å². The van der Waals surface area contributed by atoms with Crippen LogP contribution in [-0.2, 0) is 6.42 Å². The molecule has 0 spiro atoms. The number of thiophene rings is 1. The zero-order chi connectivity index (χ0) is 24.1. The van der Waals surface area contributed by atoms with E-state index in [4.69, 9.17) is 14.4 Å². The molecule has 0 unspecified atom stereocenters. The van der Waals surface area contributed by atoms with Gasteiger partial charge < -0.3 is 8.98 Å². The van der Waals surface area contributed by atoms with Gasteiger partial charge in [0.1, 0.15) is 9.71 Å². The van der Waals surface area contributed by atoms with Crippen LogP contribution in [0.4, 0.5) is 11.7 Å². The third kappa shape index (κ3) is 3.41. The Morgan fingerprint density at radius 2 is 1.69 bits per heavy atom. The van der Waals surface area contributed by atoms with Crippen molar-refractivity contribution in [1.82, 2.24) is 24.7 Å². The Balaban J connectivity index is 1.39. The van der Waals surface area contributed by atoms with E-state index in [1.807, 2.05) is 61.8 Å². The van der Waals surface area contributed by atoms with Gasteiger partial charge in [-0.15, -0.1) is 16.4 Å². The van der Waals surface area contributed by atoms with Crippen LogP contribution in [0.1, 0.15) is 17.7 Å². The molecule has 176 valence electrons. The van der Waals surface area contributed by atoms with E-state index in [0.717, 1.165) is 57.1 Å². The fraction of sp³-hybridized carbons (Fsp3) is 0.143. The summed E-state index contributed by atoms with van der Waals surface area (Å²) in [5, 5.41) is 9.96. The van der Waals surface area contributed by atoms with Crippen molar-refractivity contribution in [2.24, 2.45) is 0 Å². The molecule has 7 nitrogen and oxygen atoms in total. The maximum absolute atomic E-state index is 6.34. The SMILES string of the molecule is Cc1nc(-c2ccccc2)nc2sc(-c3nnc(N4CCCc5ccccc54)o3)c(-n3cccc3)c12. The Labute approximate surface area is 211 Å². The summed E-state index contributed by atoms with van der Waals surface area (Å²) in [6.07, 6.45) is 6.15. The van der Waals surface area contributed by atoms with Gasteiger partial charge in [-0.2, -0.15) is 0 Å². The van der Waals surface area contributed by atoms with Gasteiger partial charge in [0.05, 0.1) is 16.8 Å². The summed E-state index contributed by atoms with van der Waals surface area (Å²) in [6.45, 7) is 2.88. The Morgan fingerprint density at radius 3 is 2.56 bits per heavy atom. The average Bonchev–Trinajstić information content (AvgIpc) is 3.68. The van der Waals surface area contributed by atoms with Crippen molar-refractivity contribution >= 4 is 33.3 Å². The van der Waals surface area contributed by atoms with E-state index in [1.165, 1.54) is 5.56 Å². The second kappa shape index (κ2) is 8.42. The number of hydrogen-bond acceptors (Lipinski definition) is 7. The number of fused-ring (bicyclic) bond motifs is 2. The molecule has 0 saturated carbocycles. The summed E-state index contributed by atoms with van der Waals surface area (Å²) in [5.74, 6) is 1.20. The van der Waals surface area contributed by atoms with Crippen molar-refractivity contribution in [3.63, 3.8) is 0 Å². The van der Waals surface area contributed by atoms with E-state index < -0.39 is 0 Å². The molecule has 4 aromatic heterocycles. The van der Waals surface area contributed by atoms with Crippen LogP contribution >= 0.6 is 11.3 Å². The van der Waals surface area contributed by atoms with E-state index >= 15 is 0 Å². The predicted octanol–water partition coefficient (Wildman–Crippen LogP) is 6.59. The second-order valence-electron chi connectivity index (χ2n) is 8.82. The van der Waals surface area contributed by atoms with Crippen LogP contribution in [0.5, 0.6) is 0 Å². The number of aromatic nitrogens is 5. The minimum Gasteiger partial charge on any atom is -0.402 e. The van der Waals surface area contributed by atoms with Gasteiger partial charge in [-0.25, -0.2) is 9.97 Å². The van der Waals surface area contributed by atoms with Gasteiger partial charge in [0.2, 0.25) is 0 Å². The quantitative estimate of drug-likeness (QED) is 0.277. The fourth-order valence-electron chi connectivity index (χ4n) is 4.89. The first-order valence-electron chi connectivity index (χ1n) is 12.0. The van der Waals surface area contributed by atoms with E-state index in [0.29, 0.717) is 17.7 Å². The minimum absolute atomic E-state index is 0.486. The third-order valence-electron chi connectivity index (χ3n) is 6.55. The molecule has 0 fully saturated rings. The highest BCUT2D eigenvalue weighted by Crippen LogP contribution is 2.43. The van der Waals surface area contributed by atoms with Crippen molar-refractivity contribution < 1.29 is 4.42 Å². The molecule has 8 heteroatoms. The number of hydrogen-bond donors (Lipinski definition) is 0. The van der Waals surface area contributed by atoms with Gasteiger partial charge in [0, 0.05) is 30.2 Å². The number of anilines is 2. The maximum atomic E-state index is 6.34. The Kier molecular flexibility index (Phi) is 4.92. The molecule has 0 bridgehead atoms. The van der Waals surface area contributed by atoms with E-state index in [2.05, 4.69) is 43.9 Å². The predicted molar refractivity (Wildman–Crippen MR) is 142 cm³/mol.